The summed E-state index contributed by atoms with van der Waals surface area (Å²) in [5.41, 5.74) is 3.54. The number of benzene rings is 4. The fourth-order valence-electron chi connectivity index (χ4n) is 3.91. The van der Waals surface area contributed by atoms with Crippen LogP contribution in [0.15, 0.2) is 97.1 Å². The summed E-state index contributed by atoms with van der Waals surface area (Å²) in [6.07, 6.45) is 3.79. The largest absolute Gasteiger partial charge is 0.478 e. The van der Waals surface area contributed by atoms with Crippen molar-refractivity contribution in [3.8, 4) is 0 Å². The maximum atomic E-state index is 13.0. The van der Waals surface area contributed by atoms with Gasteiger partial charge in [-0.25, -0.2) is 9.59 Å². The quantitative estimate of drug-likeness (QED) is 0.216. The van der Waals surface area contributed by atoms with Crippen LogP contribution in [0.4, 0.5) is 11.4 Å². The van der Waals surface area contributed by atoms with E-state index in [2.05, 4.69) is 5.32 Å². The smallest absolute Gasteiger partial charge is 0.339 e. The molecule has 0 saturated heterocycles. The van der Waals surface area contributed by atoms with Gasteiger partial charge in [0, 0.05) is 23.9 Å². The summed E-state index contributed by atoms with van der Waals surface area (Å²) >= 11 is 0. The molecule has 4 aromatic rings. The van der Waals surface area contributed by atoms with Crippen LogP contribution in [0.2, 0.25) is 0 Å². The first-order chi connectivity index (χ1) is 19.3. The van der Waals surface area contributed by atoms with Gasteiger partial charge in [0.1, 0.15) is 0 Å². The van der Waals surface area contributed by atoms with Gasteiger partial charge in [0.25, 0.3) is 11.8 Å². The third kappa shape index (κ3) is 6.49. The molecule has 0 unspecified atom stereocenters. The Balaban J connectivity index is 1.48. The van der Waals surface area contributed by atoms with Crippen molar-refractivity contribution in [1.29, 1.82) is 0 Å². The average molecular weight is 535 g/mol. The number of hydrogen-bond acceptors (Lipinski definition) is 5. The minimum atomic E-state index is -1.07. The van der Waals surface area contributed by atoms with Crippen molar-refractivity contribution in [2.24, 2.45) is 0 Å². The molecule has 0 heterocycles. The number of aromatic carboxylic acids is 1. The number of nitrogens with one attached hydrogen (secondary N) is 1. The molecule has 8 nitrogen and oxygen atoms in total. The molecule has 0 bridgehead atoms. The van der Waals surface area contributed by atoms with Crippen LogP contribution in [0.5, 0.6) is 0 Å². The highest BCUT2D eigenvalue weighted by Crippen LogP contribution is 2.23. The second kappa shape index (κ2) is 12.4. The van der Waals surface area contributed by atoms with Gasteiger partial charge in [-0.15, -0.1) is 0 Å². The zero-order chi connectivity index (χ0) is 28.6. The van der Waals surface area contributed by atoms with E-state index in [4.69, 9.17) is 9.84 Å². The van der Waals surface area contributed by atoms with E-state index in [0.717, 1.165) is 11.1 Å². The predicted octanol–water partition coefficient (Wildman–Crippen LogP) is 5.87. The normalized spacial score (nSPS) is 10.7. The molecule has 0 fully saturated rings. The summed E-state index contributed by atoms with van der Waals surface area (Å²) in [6.45, 7) is 0. The Bertz CT molecular complexity index is 1580. The average Bonchev–Trinajstić information content (AvgIpc) is 3.00. The van der Waals surface area contributed by atoms with Crippen molar-refractivity contribution in [1.82, 2.24) is 0 Å². The molecule has 8 heteroatoms. The number of carbonyl (C=O) groups excluding carboxylic acids is 3. The summed E-state index contributed by atoms with van der Waals surface area (Å²) in [5, 5.41) is 11.8. The van der Waals surface area contributed by atoms with Crippen LogP contribution in [0.25, 0.3) is 12.2 Å². The Hall–Kier alpha value is -5.50. The number of carboxylic acid groups (broad SMARTS) is 1. The number of hydrogen-bond donors (Lipinski definition) is 2. The summed E-state index contributed by atoms with van der Waals surface area (Å²) < 4.78 is 4.92. The zero-order valence-electron chi connectivity index (χ0n) is 21.8. The van der Waals surface area contributed by atoms with Gasteiger partial charge in [0.05, 0.1) is 23.9 Å². The van der Waals surface area contributed by atoms with Gasteiger partial charge in [0.2, 0.25) is 0 Å². The molecule has 0 spiro atoms. The summed E-state index contributed by atoms with van der Waals surface area (Å²) in [7, 11) is 2.86. The van der Waals surface area contributed by atoms with Gasteiger partial charge >= 0.3 is 11.9 Å². The maximum Gasteiger partial charge on any atom is 0.339 e. The highest BCUT2D eigenvalue weighted by Gasteiger charge is 2.17. The number of carboxylic acids is 1. The molecular formula is C32H26N2O6. The molecule has 0 aliphatic carbocycles. The zero-order valence-corrected chi connectivity index (χ0v) is 21.8. The fraction of sp³-hybridized carbons (Fsp3) is 0.0625. The molecule has 0 aliphatic heterocycles. The number of nitrogens with zero attached hydrogens (tertiary/aromatic N) is 1. The van der Waals surface area contributed by atoms with Crippen molar-refractivity contribution in [3.63, 3.8) is 0 Å². The minimum absolute atomic E-state index is 0.0863. The van der Waals surface area contributed by atoms with E-state index in [-0.39, 0.29) is 17.0 Å². The van der Waals surface area contributed by atoms with Crippen LogP contribution < -0.4 is 10.2 Å². The van der Waals surface area contributed by atoms with E-state index in [0.29, 0.717) is 22.5 Å². The molecule has 4 aromatic carbocycles. The standard InChI is InChI=1S/C32H26N2O6/c1-34(30(36)24-11-13-25(14-12-24)31(37)38)26-17-15-23(16-18-26)29(35)33-28-19-10-22(20-27(28)32(39)40-2)9-8-21-6-4-3-5-7-21/h3-20H,1-2H3,(H,33,35)(H,37,38). The molecule has 2 amide bonds. The van der Waals surface area contributed by atoms with Crippen molar-refractivity contribution in [2.75, 3.05) is 24.4 Å². The molecular weight excluding hydrogens is 508 g/mol. The lowest BCUT2D eigenvalue weighted by molar-refractivity contribution is 0.0600. The van der Waals surface area contributed by atoms with Crippen molar-refractivity contribution >= 4 is 47.3 Å². The fourth-order valence-corrected chi connectivity index (χ4v) is 3.91. The first-order valence-electron chi connectivity index (χ1n) is 12.2. The highest BCUT2D eigenvalue weighted by atomic mass is 16.5. The molecule has 0 radical (unpaired) electrons. The van der Waals surface area contributed by atoms with E-state index in [1.54, 1.807) is 49.5 Å². The predicted molar refractivity (Wildman–Crippen MR) is 154 cm³/mol. The first kappa shape index (κ1) is 27.5. The van der Waals surface area contributed by atoms with Gasteiger partial charge in [-0.2, -0.15) is 0 Å². The topological polar surface area (TPSA) is 113 Å². The first-order valence-corrected chi connectivity index (χ1v) is 12.2. The van der Waals surface area contributed by atoms with Crippen LogP contribution >= 0.6 is 0 Å². The number of rotatable bonds is 8. The molecule has 0 aliphatic rings. The molecule has 2 N–H and O–H groups in total. The summed E-state index contributed by atoms with van der Waals surface area (Å²) in [4.78, 5) is 50.7. The van der Waals surface area contributed by atoms with E-state index in [1.807, 2.05) is 42.5 Å². The lowest BCUT2D eigenvalue weighted by Gasteiger charge is -2.18. The van der Waals surface area contributed by atoms with Crippen LogP contribution in [0.3, 0.4) is 0 Å². The molecule has 0 saturated carbocycles. The summed E-state index contributed by atoms with van der Waals surface area (Å²) in [5.74, 6) is -2.44. The second-order valence-electron chi connectivity index (χ2n) is 8.79. The SMILES string of the molecule is COC(=O)c1cc(C=Cc2ccccc2)ccc1NC(=O)c1ccc(N(C)C(=O)c2ccc(C(=O)O)cc2)cc1. The minimum Gasteiger partial charge on any atom is -0.478 e. The van der Waals surface area contributed by atoms with Crippen molar-refractivity contribution < 1.29 is 29.0 Å². The van der Waals surface area contributed by atoms with E-state index < -0.39 is 17.8 Å². The van der Waals surface area contributed by atoms with Crippen LogP contribution in [0, 0.1) is 0 Å². The highest BCUT2D eigenvalue weighted by molar-refractivity contribution is 6.09. The van der Waals surface area contributed by atoms with E-state index in [1.165, 1.54) is 36.3 Å². The lowest BCUT2D eigenvalue weighted by Crippen LogP contribution is -2.26. The number of methoxy groups -OCH3 is 1. The number of amides is 2. The van der Waals surface area contributed by atoms with Crippen LogP contribution in [-0.4, -0.2) is 43.0 Å². The van der Waals surface area contributed by atoms with Crippen molar-refractivity contribution in [2.45, 2.75) is 0 Å². The Kier molecular flexibility index (Phi) is 8.51. The molecule has 4 rings (SSSR count). The van der Waals surface area contributed by atoms with Crippen LogP contribution in [0.1, 0.15) is 52.6 Å². The number of esters is 1. The molecule has 0 aromatic heterocycles. The Morgan fingerprint density at radius 1 is 0.750 bits per heavy atom. The Morgan fingerprint density at radius 2 is 1.35 bits per heavy atom. The Morgan fingerprint density at radius 3 is 1.98 bits per heavy atom. The lowest BCUT2D eigenvalue weighted by atomic mass is 10.1. The van der Waals surface area contributed by atoms with Gasteiger partial charge in [-0.1, -0.05) is 48.6 Å². The van der Waals surface area contributed by atoms with Crippen LogP contribution in [-0.2, 0) is 4.74 Å². The van der Waals surface area contributed by atoms with Gasteiger partial charge < -0.3 is 20.1 Å². The molecule has 40 heavy (non-hydrogen) atoms. The van der Waals surface area contributed by atoms with Gasteiger partial charge in [-0.3, -0.25) is 9.59 Å². The number of carbonyl (C=O) groups is 4. The summed E-state index contributed by atoms with van der Waals surface area (Å²) in [6, 6.07) is 26.8. The van der Waals surface area contributed by atoms with Gasteiger partial charge in [-0.05, 0) is 71.8 Å². The third-order valence-corrected chi connectivity index (χ3v) is 6.17. The van der Waals surface area contributed by atoms with E-state index >= 15 is 0 Å². The van der Waals surface area contributed by atoms with Gasteiger partial charge in [0.15, 0.2) is 0 Å². The van der Waals surface area contributed by atoms with Crippen molar-refractivity contribution in [3.05, 3.63) is 130 Å². The van der Waals surface area contributed by atoms with E-state index in [9.17, 15) is 19.2 Å². The molecule has 0 atom stereocenters. The second-order valence-corrected chi connectivity index (χ2v) is 8.79. The Labute approximate surface area is 231 Å². The number of ether oxygens (including phenoxy) is 1. The number of anilines is 2. The monoisotopic (exact) mass is 534 g/mol. The maximum absolute atomic E-state index is 13.0. The molecule has 200 valence electrons. The third-order valence-electron chi connectivity index (χ3n) is 6.17.